The van der Waals surface area contributed by atoms with Crippen LogP contribution in [-0.4, -0.2) is 11.2 Å². The summed E-state index contributed by atoms with van der Waals surface area (Å²) < 4.78 is 13.9. The number of hydrogen-bond acceptors (Lipinski definition) is 1. The van der Waals surface area contributed by atoms with Gasteiger partial charge in [0.25, 0.3) is 0 Å². The number of benzene rings is 2. The summed E-state index contributed by atoms with van der Waals surface area (Å²) >= 11 is 5.90. The maximum atomic E-state index is 13.9. The van der Waals surface area contributed by atoms with Crippen LogP contribution in [0.4, 0.5) is 14.9 Å². The van der Waals surface area contributed by atoms with E-state index in [0.717, 1.165) is 0 Å². The molecule has 0 saturated carbocycles. The van der Waals surface area contributed by atoms with Crippen LogP contribution in [0.15, 0.2) is 42.5 Å². The van der Waals surface area contributed by atoms with E-state index >= 15 is 0 Å². The van der Waals surface area contributed by atoms with Crippen LogP contribution in [0.1, 0.15) is 0 Å². The van der Waals surface area contributed by atoms with Gasteiger partial charge in [-0.1, -0.05) is 41.9 Å². The number of amides is 1. The van der Waals surface area contributed by atoms with Crippen LogP contribution in [-0.2, 0) is 0 Å². The number of rotatable bonds is 2. The number of nitrogens with one attached hydrogen (secondary N) is 1. The molecule has 3 nitrogen and oxygen atoms in total. The molecule has 0 atom stereocenters. The van der Waals surface area contributed by atoms with E-state index in [-0.39, 0.29) is 16.3 Å². The van der Waals surface area contributed by atoms with Crippen molar-refractivity contribution in [2.45, 2.75) is 0 Å². The van der Waals surface area contributed by atoms with Crippen LogP contribution in [0.25, 0.3) is 11.1 Å². The van der Waals surface area contributed by atoms with Crippen molar-refractivity contribution in [2.24, 2.45) is 0 Å². The third-order valence-electron chi connectivity index (χ3n) is 2.40. The molecule has 0 aliphatic rings. The molecule has 2 N–H and O–H groups in total. The summed E-state index contributed by atoms with van der Waals surface area (Å²) in [7, 11) is 0. The van der Waals surface area contributed by atoms with Gasteiger partial charge in [0, 0.05) is 5.56 Å². The second kappa shape index (κ2) is 5.06. The minimum Gasteiger partial charge on any atom is -0.465 e. The fourth-order valence-electron chi connectivity index (χ4n) is 1.67. The molecule has 2 aromatic rings. The van der Waals surface area contributed by atoms with Gasteiger partial charge in [-0.3, -0.25) is 5.32 Å². The van der Waals surface area contributed by atoms with E-state index in [2.05, 4.69) is 5.32 Å². The Hall–Kier alpha value is -2.07. The van der Waals surface area contributed by atoms with E-state index in [1.165, 1.54) is 12.1 Å². The Morgan fingerprint density at radius 2 is 1.83 bits per heavy atom. The molecular weight excluding hydrogens is 257 g/mol. The highest BCUT2D eigenvalue weighted by atomic mass is 35.5. The first-order valence-electron chi connectivity index (χ1n) is 5.13. The summed E-state index contributed by atoms with van der Waals surface area (Å²) in [4.78, 5) is 10.7. The number of carboxylic acid groups (broad SMARTS) is 1. The molecule has 18 heavy (non-hydrogen) atoms. The molecule has 92 valence electrons. The molecule has 0 aliphatic heterocycles. The molecule has 0 fully saturated rings. The zero-order valence-corrected chi connectivity index (χ0v) is 9.91. The topological polar surface area (TPSA) is 49.3 Å². The smallest absolute Gasteiger partial charge is 0.409 e. The van der Waals surface area contributed by atoms with Gasteiger partial charge in [-0.15, -0.1) is 0 Å². The van der Waals surface area contributed by atoms with Gasteiger partial charge in [-0.25, -0.2) is 9.18 Å². The molecule has 0 saturated heterocycles. The maximum Gasteiger partial charge on any atom is 0.409 e. The normalized spacial score (nSPS) is 10.1. The summed E-state index contributed by atoms with van der Waals surface area (Å²) in [5, 5.41) is 11.0. The average Bonchev–Trinajstić information content (AvgIpc) is 2.35. The lowest BCUT2D eigenvalue weighted by molar-refractivity contribution is 0.210. The van der Waals surface area contributed by atoms with Crippen molar-refractivity contribution in [3.63, 3.8) is 0 Å². The van der Waals surface area contributed by atoms with Crippen molar-refractivity contribution < 1.29 is 14.3 Å². The highest BCUT2D eigenvalue weighted by Gasteiger charge is 2.16. The van der Waals surface area contributed by atoms with Gasteiger partial charge in [0.2, 0.25) is 0 Å². The molecular formula is C13H9ClFNO2. The van der Waals surface area contributed by atoms with Gasteiger partial charge in [0.1, 0.15) is 5.82 Å². The molecule has 2 aromatic carbocycles. The molecule has 0 spiro atoms. The summed E-state index contributed by atoms with van der Waals surface area (Å²) in [5.41, 5.74) is 0.752. The standard InChI is InChI=1S/C13H9ClFNO2/c14-9-6-7-10(15)11(12(9)16-13(17)18)8-4-2-1-3-5-8/h1-7,16H,(H,17,18). The molecule has 2 rings (SSSR count). The number of anilines is 1. The Labute approximate surface area is 108 Å². The van der Waals surface area contributed by atoms with E-state index in [4.69, 9.17) is 16.7 Å². The minimum atomic E-state index is -1.29. The molecule has 0 aromatic heterocycles. The predicted octanol–water partition coefficient (Wildman–Crippen LogP) is 4.24. The predicted molar refractivity (Wildman–Crippen MR) is 68.5 cm³/mol. The van der Waals surface area contributed by atoms with Crippen molar-refractivity contribution in [2.75, 3.05) is 5.32 Å². The summed E-state index contributed by atoms with van der Waals surface area (Å²) in [6.07, 6.45) is -1.29. The van der Waals surface area contributed by atoms with Crippen molar-refractivity contribution in [1.29, 1.82) is 0 Å². The van der Waals surface area contributed by atoms with Gasteiger partial charge in [0.05, 0.1) is 10.7 Å². The Morgan fingerprint density at radius 3 is 2.44 bits per heavy atom. The Kier molecular flexibility index (Phi) is 3.48. The van der Waals surface area contributed by atoms with Gasteiger partial charge >= 0.3 is 6.09 Å². The Morgan fingerprint density at radius 1 is 1.17 bits per heavy atom. The zero-order chi connectivity index (χ0) is 13.1. The summed E-state index contributed by atoms with van der Waals surface area (Å²) in [6, 6.07) is 11.1. The lowest BCUT2D eigenvalue weighted by Crippen LogP contribution is -2.09. The zero-order valence-electron chi connectivity index (χ0n) is 9.15. The first kappa shape index (κ1) is 12.4. The number of hydrogen-bond donors (Lipinski definition) is 2. The van der Waals surface area contributed by atoms with Gasteiger partial charge in [-0.2, -0.15) is 0 Å². The first-order chi connectivity index (χ1) is 8.59. The number of halogens is 2. The summed E-state index contributed by atoms with van der Waals surface area (Å²) in [6.45, 7) is 0. The van der Waals surface area contributed by atoms with E-state index in [1.807, 2.05) is 0 Å². The second-order valence-electron chi connectivity index (χ2n) is 3.58. The lowest BCUT2D eigenvalue weighted by atomic mass is 10.0. The van der Waals surface area contributed by atoms with Gasteiger partial charge in [-0.05, 0) is 17.7 Å². The molecule has 5 heteroatoms. The Bertz CT molecular complexity index is 587. The van der Waals surface area contributed by atoms with Crippen LogP contribution >= 0.6 is 11.6 Å². The molecule has 1 amide bonds. The minimum absolute atomic E-state index is 0.0513. The van der Waals surface area contributed by atoms with Crippen LogP contribution < -0.4 is 5.32 Å². The summed E-state index contributed by atoms with van der Waals surface area (Å²) in [5.74, 6) is -0.533. The maximum absolute atomic E-state index is 13.9. The van der Waals surface area contributed by atoms with Crippen LogP contribution in [0.3, 0.4) is 0 Å². The van der Waals surface area contributed by atoms with Crippen LogP contribution in [0.2, 0.25) is 5.02 Å². The molecule has 0 unspecified atom stereocenters. The lowest BCUT2D eigenvalue weighted by Gasteiger charge is -2.12. The van der Waals surface area contributed by atoms with Crippen molar-refractivity contribution >= 4 is 23.4 Å². The van der Waals surface area contributed by atoms with Gasteiger partial charge < -0.3 is 5.11 Å². The van der Waals surface area contributed by atoms with Crippen molar-refractivity contribution in [3.05, 3.63) is 53.3 Å². The van der Waals surface area contributed by atoms with E-state index in [1.54, 1.807) is 30.3 Å². The molecule has 0 aliphatic carbocycles. The Balaban J connectivity index is 2.64. The monoisotopic (exact) mass is 265 g/mol. The SMILES string of the molecule is O=C(O)Nc1c(Cl)ccc(F)c1-c1ccccc1. The largest absolute Gasteiger partial charge is 0.465 e. The quantitative estimate of drug-likeness (QED) is 0.853. The van der Waals surface area contributed by atoms with Crippen LogP contribution in [0.5, 0.6) is 0 Å². The van der Waals surface area contributed by atoms with Crippen molar-refractivity contribution in [1.82, 2.24) is 0 Å². The van der Waals surface area contributed by atoms with E-state index in [9.17, 15) is 9.18 Å². The number of carbonyl (C=O) groups is 1. The molecule has 0 heterocycles. The average molecular weight is 266 g/mol. The van der Waals surface area contributed by atoms with Gasteiger partial charge in [0.15, 0.2) is 0 Å². The first-order valence-corrected chi connectivity index (χ1v) is 5.51. The highest BCUT2D eigenvalue weighted by Crippen LogP contribution is 2.36. The fraction of sp³-hybridized carbons (Fsp3) is 0. The van der Waals surface area contributed by atoms with E-state index < -0.39 is 11.9 Å². The third kappa shape index (κ3) is 2.43. The second-order valence-corrected chi connectivity index (χ2v) is 3.98. The third-order valence-corrected chi connectivity index (χ3v) is 2.71. The van der Waals surface area contributed by atoms with Crippen LogP contribution in [0, 0.1) is 5.82 Å². The van der Waals surface area contributed by atoms with Crippen molar-refractivity contribution in [3.8, 4) is 11.1 Å². The fourth-order valence-corrected chi connectivity index (χ4v) is 1.87. The molecule has 0 bridgehead atoms. The van der Waals surface area contributed by atoms with E-state index in [0.29, 0.717) is 5.56 Å². The highest BCUT2D eigenvalue weighted by molar-refractivity contribution is 6.34. The molecule has 0 radical (unpaired) electrons.